The molecule has 0 spiro atoms. The molecule has 0 bridgehead atoms. The Morgan fingerprint density at radius 2 is 1.80 bits per heavy atom. The monoisotopic (exact) mass is 216 g/mol. The summed E-state index contributed by atoms with van der Waals surface area (Å²) in [5.41, 5.74) is 0. The number of hydrogen-bond donors (Lipinski definition) is 1. The van der Waals surface area contributed by atoms with Gasteiger partial charge in [0.15, 0.2) is 0 Å². The third kappa shape index (κ3) is 3.72. The smallest absolute Gasteiger partial charge is 0.0971 e. The minimum absolute atomic E-state index is 0.233. The van der Waals surface area contributed by atoms with Gasteiger partial charge in [-0.05, 0) is 19.5 Å². The van der Waals surface area contributed by atoms with Crippen LogP contribution in [0, 0.1) is 5.92 Å². The number of ether oxygens (including phenoxy) is 2. The second-order valence-electron chi connectivity index (χ2n) is 4.43. The fourth-order valence-corrected chi connectivity index (χ4v) is 2.27. The molecule has 1 fully saturated rings. The van der Waals surface area contributed by atoms with Gasteiger partial charge >= 0.3 is 0 Å². The average molecular weight is 216 g/mol. The molecule has 0 aliphatic carbocycles. The Morgan fingerprint density at radius 3 is 2.20 bits per heavy atom. The lowest BCUT2D eigenvalue weighted by Gasteiger charge is -2.20. The van der Waals surface area contributed by atoms with Crippen molar-refractivity contribution in [2.45, 2.75) is 19.1 Å². The van der Waals surface area contributed by atoms with Crippen LogP contribution in [0.1, 0.15) is 6.92 Å². The quantitative estimate of drug-likeness (QED) is 0.687. The van der Waals surface area contributed by atoms with Gasteiger partial charge in [-0.3, -0.25) is 4.90 Å². The maximum atomic E-state index is 5.40. The highest BCUT2D eigenvalue weighted by Crippen LogP contribution is 2.16. The van der Waals surface area contributed by atoms with Crippen LogP contribution in [-0.4, -0.2) is 64.6 Å². The van der Waals surface area contributed by atoms with Gasteiger partial charge in [0.2, 0.25) is 0 Å². The normalized spacial score (nSPS) is 29.6. The molecule has 0 aromatic heterocycles. The van der Waals surface area contributed by atoms with Crippen LogP contribution in [0.3, 0.4) is 0 Å². The van der Waals surface area contributed by atoms with Gasteiger partial charge in [0.25, 0.3) is 0 Å². The lowest BCUT2D eigenvalue weighted by Crippen LogP contribution is -2.31. The van der Waals surface area contributed by atoms with Gasteiger partial charge < -0.3 is 14.8 Å². The van der Waals surface area contributed by atoms with E-state index < -0.39 is 0 Å². The fraction of sp³-hybridized carbons (Fsp3) is 1.00. The van der Waals surface area contributed by atoms with Crippen molar-refractivity contribution in [3.05, 3.63) is 0 Å². The summed E-state index contributed by atoms with van der Waals surface area (Å²) in [6.07, 6.45) is 0.466. The summed E-state index contributed by atoms with van der Waals surface area (Å²) in [6.45, 7) is 6.41. The summed E-state index contributed by atoms with van der Waals surface area (Å²) < 4.78 is 10.8. The van der Waals surface area contributed by atoms with E-state index in [4.69, 9.17) is 9.47 Å². The van der Waals surface area contributed by atoms with Gasteiger partial charge in [0, 0.05) is 33.9 Å². The molecule has 0 radical (unpaired) electrons. The summed E-state index contributed by atoms with van der Waals surface area (Å²) >= 11 is 0. The van der Waals surface area contributed by atoms with E-state index in [-0.39, 0.29) is 12.2 Å². The molecular formula is C11H24N2O2. The van der Waals surface area contributed by atoms with Crippen LogP contribution in [0.15, 0.2) is 0 Å². The zero-order valence-electron chi connectivity index (χ0n) is 10.3. The van der Waals surface area contributed by atoms with Crippen LogP contribution in [0.2, 0.25) is 0 Å². The largest absolute Gasteiger partial charge is 0.377 e. The van der Waals surface area contributed by atoms with E-state index >= 15 is 0 Å². The fourth-order valence-electron chi connectivity index (χ4n) is 2.27. The molecule has 0 amide bonds. The van der Waals surface area contributed by atoms with Gasteiger partial charge in [0.05, 0.1) is 12.2 Å². The maximum Gasteiger partial charge on any atom is 0.0971 e. The molecule has 1 saturated heterocycles. The zero-order valence-corrected chi connectivity index (χ0v) is 10.3. The molecule has 0 saturated carbocycles. The topological polar surface area (TPSA) is 33.7 Å². The Morgan fingerprint density at radius 1 is 1.27 bits per heavy atom. The maximum absolute atomic E-state index is 5.40. The molecule has 0 aromatic carbocycles. The first kappa shape index (κ1) is 12.9. The second-order valence-corrected chi connectivity index (χ2v) is 4.43. The highest BCUT2D eigenvalue weighted by atomic mass is 16.5. The summed E-state index contributed by atoms with van der Waals surface area (Å²) in [7, 11) is 5.52. The van der Waals surface area contributed by atoms with Crippen LogP contribution >= 0.6 is 0 Å². The molecule has 90 valence electrons. The summed E-state index contributed by atoms with van der Waals surface area (Å²) in [5, 5.41) is 3.20. The predicted octanol–water partition coefficient (Wildman–Crippen LogP) is 0.188. The molecule has 4 nitrogen and oxygen atoms in total. The van der Waals surface area contributed by atoms with Gasteiger partial charge in [-0.25, -0.2) is 0 Å². The van der Waals surface area contributed by atoms with Gasteiger partial charge in [-0.2, -0.15) is 0 Å². The molecule has 4 heteroatoms. The van der Waals surface area contributed by atoms with Crippen molar-refractivity contribution >= 4 is 0 Å². The Labute approximate surface area is 92.9 Å². The number of nitrogens with one attached hydrogen (secondary N) is 1. The zero-order chi connectivity index (χ0) is 11.3. The van der Waals surface area contributed by atoms with Crippen molar-refractivity contribution in [3.63, 3.8) is 0 Å². The molecule has 1 rings (SSSR count). The first-order valence-corrected chi connectivity index (χ1v) is 5.63. The lowest BCUT2D eigenvalue weighted by atomic mass is 10.2. The first-order valence-electron chi connectivity index (χ1n) is 5.63. The second kappa shape index (κ2) is 6.43. The van der Waals surface area contributed by atoms with Crippen molar-refractivity contribution in [3.8, 4) is 0 Å². The molecule has 1 N–H and O–H groups in total. The minimum Gasteiger partial charge on any atom is -0.377 e. The summed E-state index contributed by atoms with van der Waals surface area (Å²) in [4.78, 5) is 2.42. The lowest BCUT2D eigenvalue weighted by molar-refractivity contribution is -0.00461. The van der Waals surface area contributed by atoms with Crippen molar-refractivity contribution in [2.24, 2.45) is 5.92 Å². The van der Waals surface area contributed by atoms with E-state index in [1.165, 1.54) is 0 Å². The molecule has 3 unspecified atom stereocenters. The van der Waals surface area contributed by atoms with Crippen LogP contribution < -0.4 is 5.32 Å². The van der Waals surface area contributed by atoms with Crippen LogP contribution in [0.4, 0.5) is 0 Å². The van der Waals surface area contributed by atoms with E-state index in [1.54, 1.807) is 14.2 Å². The highest BCUT2D eigenvalue weighted by Gasteiger charge is 2.33. The standard InChI is InChI=1S/C11H24N2O2/c1-9(5-12-2)6-13-7-10(14-3)11(8-13)15-4/h9-12H,5-8H2,1-4H3. The molecule has 15 heavy (non-hydrogen) atoms. The van der Waals surface area contributed by atoms with E-state index in [0.717, 1.165) is 26.2 Å². The minimum atomic E-state index is 0.233. The third-order valence-corrected chi connectivity index (χ3v) is 3.02. The Balaban J connectivity index is 2.33. The Hall–Kier alpha value is -0.160. The Kier molecular flexibility index (Phi) is 5.53. The molecule has 1 heterocycles. The molecule has 1 aliphatic rings. The molecule has 0 aromatic rings. The molecule has 3 atom stereocenters. The van der Waals surface area contributed by atoms with E-state index in [9.17, 15) is 0 Å². The van der Waals surface area contributed by atoms with Gasteiger partial charge in [-0.15, -0.1) is 0 Å². The van der Waals surface area contributed by atoms with E-state index in [1.807, 2.05) is 7.05 Å². The number of hydrogen-bond acceptors (Lipinski definition) is 4. The van der Waals surface area contributed by atoms with E-state index in [2.05, 4.69) is 17.1 Å². The van der Waals surface area contributed by atoms with Crippen molar-refractivity contribution in [1.29, 1.82) is 0 Å². The molecule has 1 aliphatic heterocycles. The first-order chi connectivity index (χ1) is 7.21. The highest BCUT2D eigenvalue weighted by molar-refractivity contribution is 4.86. The van der Waals surface area contributed by atoms with Gasteiger partial charge in [0.1, 0.15) is 0 Å². The number of likely N-dealkylation sites (tertiary alicyclic amines) is 1. The van der Waals surface area contributed by atoms with Crippen molar-refractivity contribution < 1.29 is 9.47 Å². The number of methoxy groups -OCH3 is 2. The SMILES string of the molecule is CNCC(C)CN1CC(OC)C(OC)C1. The van der Waals surface area contributed by atoms with Crippen molar-refractivity contribution in [1.82, 2.24) is 10.2 Å². The summed E-state index contributed by atoms with van der Waals surface area (Å²) in [5.74, 6) is 0.670. The molecular weight excluding hydrogens is 192 g/mol. The van der Waals surface area contributed by atoms with Crippen LogP contribution in [-0.2, 0) is 9.47 Å². The van der Waals surface area contributed by atoms with E-state index in [0.29, 0.717) is 5.92 Å². The van der Waals surface area contributed by atoms with Crippen LogP contribution in [0.5, 0.6) is 0 Å². The predicted molar refractivity (Wildman–Crippen MR) is 61.1 cm³/mol. The number of rotatable bonds is 6. The van der Waals surface area contributed by atoms with Crippen LogP contribution in [0.25, 0.3) is 0 Å². The summed E-state index contributed by atoms with van der Waals surface area (Å²) in [6, 6.07) is 0. The average Bonchev–Trinajstić information content (AvgIpc) is 2.60. The third-order valence-electron chi connectivity index (χ3n) is 3.02. The van der Waals surface area contributed by atoms with Crippen molar-refractivity contribution in [2.75, 3.05) is 47.4 Å². The van der Waals surface area contributed by atoms with Gasteiger partial charge in [-0.1, -0.05) is 6.92 Å². The Bertz CT molecular complexity index is 166. The number of nitrogens with zero attached hydrogens (tertiary/aromatic N) is 1.